The first-order valence-corrected chi connectivity index (χ1v) is 15.6. The van der Waals surface area contributed by atoms with Crippen LogP contribution in [-0.2, 0) is 5.54 Å². The molecule has 2 N–H and O–H groups in total. The number of amides is 1. The summed E-state index contributed by atoms with van der Waals surface area (Å²) in [7, 11) is 0. The molecule has 0 aliphatic heterocycles. The van der Waals surface area contributed by atoms with E-state index >= 15 is 0 Å². The van der Waals surface area contributed by atoms with E-state index in [9.17, 15) is 18.0 Å². The third kappa shape index (κ3) is 6.14. The number of halogens is 3. The van der Waals surface area contributed by atoms with Crippen molar-refractivity contribution >= 4 is 29.0 Å². The fourth-order valence-corrected chi connectivity index (χ4v) is 8.00. The molecule has 6 rings (SSSR count). The Morgan fingerprint density at radius 2 is 1.90 bits per heavy atom. The summed E-state index contributed by atoms with van der Waals surface area (Å²) in [5, 5.41) is 10.5. The maximum absolute atomic E-state index is 13.6. The lowest BCUT2D eigenvalue weighted by molar-refractivity contribution is -0.0329. The lowest BCUT2D eigenvalue weighted by Crippen LogP contribution is -2.27. The van der Waals surface area contributed by atoms with E-state index in [0.29, 0.717) is 22.8 Å². The van der Waals surface area contributed by atoms with Gasteiger partial charge in [-0.05, 0) is 95.5 Å². The summed E-state index contributed by atoms with van der Waals surface area (Å²) in [5.41, 5.74) is -3.54. The van der Waals surface area contributed by atoms with E-state index in [-0.39, 0.29) is 46.4 Å². The van der Waals surface area contributed by atoms with E-state index in [2.05, 4.69) is 32.6 Å². The highest BCUT2D eigenvalue weighted by Crippen LogP contribution is 2.54. The number of nitrogens with zero attached hydrogens (tertiary/aromatic N) is 4. The molecule has 224 valence electrons. The summed E-state index contributed by atoms with van der Waals surface area (Å²) in [6, 6.07) is 1.91. The largest absolute Gasteiger partial charge is 0.447 e. The van der Waals surface area contributed by atoms with E-state index in [1.54, 1.807) is 29.3 Å². The number of rotatable bonds is 5. The Labute approximate surface area is 248 Å². The van der Waals surface area contributed by atoms with Gasteiger partial charge in [0.25, 0.3) is 5.91 Å². The predicted molar refractivity (Wildman–Crippen MR) is 157 cm³/mol. The summed E-state index contributed by atoms with van der Waals surface area (Å²) in [6.45, 7) is 5.92. The van der Waals surface area contributed by atoms with Crippen LogP contribution in [0.25, 0.3) is 5.52 Å². The number of carbonyl (C=O) groups excluding carboxylic acids is 1. The second-order valence-corrected chi connectivity index (χ2v) is 14.1. The number of thioether (sulfide) groups is 1. The lowest BCUT2D eigenvalue weighted by atomic mass is 9.82. The molecule has 11 heteroatoms. The molecule has 2 unspecified atom stereocenters. The zero-order valence-electron chi connectivity index (χ0n) is 24.2. The smallest absolute Gasteiger partial charge is 0.366 e. The minimum absolute atomic E-state index is 0.0122. The number of aromatic nitrogens is 4. The van der Waals surface area contributed by atoms with Crippen molar-refractivity contribution in [3.63, 3.8) is 0 Å². The van der Waals surface area contributed by atoms with Gasteiger partial charge in [0.15, 0.2) is 5.82 Å². The number of hydrogen-bond donors (Lipinski definition) is 2. The number of hydrogen-bond acceptors (Lipinski definition) is 5. The van der Waals surface area contributed by atoms with Gasteiger partial charge in [0, 0.05) is 36.4 Å². The van der Waals surface area contributed by atoms with Crippen molar-refractivity contribution in [2.45, 2.75) is 87.8 Å². The number of carbonyl (C=O) groups is 1. The summed E-state index contributed by atoms with van der Waals surface area (Å²) in [6.07, 6.45) is 14.9. The third-order valence-corrected chi connectivity index (χ3v) is 10.0. The molecule has 7 nitrogen and oxygen atoms in total. The number of alkyl halides is 3. The molecule has 0 saturated heterocycles. The Hall–Kier alpha value is -3.13. The fourth-order valence-electron chi connectivity index (χ4n) is 7.30. The standard InChI is InChI=1S/C31H37F3N6OS/c1-30(2,3)40-18-23(17-37-40)28(41)36-10-4-5-22-16-26-27(35-11-12-39(26)29(22)42-31(32,33)34)38-24-9-8-20-6-7-21-13-19(14-24)15-25(20)21/h11-12,16-21,24-25H,6-10,13-15H2,1-3H3,(H,35,38)(H,36,41)/t19-,20-,21?,24+,25?/m0/s1. The topological polar surface area (TPSA) is 76.2 Å². The molecule has 42 heavy (non-hydrogen) atoms. The van der Waals surface area contributed by atoms with Crippen LogP contribution in [0.3, 0.4) is 0 Å². The van der Waals surface area contributed by atoms with Crippen molar-refractivity contribution < 1.29 is 18.0 Å². The van der Waals surface area contributed by atoms with Gasteiger partial charge in [-0.3, -0.25) is 9.48 Å². The average Bonchev–Trinajstić information content (AvgIpc) is 3.68. The molecule has 3 aliphatic rings. The first-order valence-electron chi connectivity index (χ1n) is 14.8. The zero-order chi connectivity index (χ0) is 29.6. The van der Waals surface area contributed by atoms with Crippen LogP contribution in [0.4, 0.5) is 19.0 Å². The molecule has 3 aliphatic carbocycles. The highest BCUT2D eigenvalue weighted by Gasteiger charge is 2.45. The average molecular weight is 599 g/mol. The Morgan fingerprint density at radius 3 is 2.67 bits per heavy atom. The Bertz CT molecular complexity index is 1530. The summed E-state index contributed by atoms with van der Waals surface area (Å²) < 4.78 is 44.1. The maximum Gasteiger partial charge on any atom is 0.447 e. The molecule has 3 heterocycles. The molecule has 5 atom stereocenters. The van der Waals surface area contributed by atoms with Crippen LogP contribution in [0.1, 0.15) is 81.6 Å². The predicted octanol–water partition coefficient (Wildman–Crippen LogP) is 6.70. The molecular formula is C31H37F3N6OS. The molecule has 3 aromatic heterocycles. The highest BCUT2D eigenvalue weighted by molar-refractivity contribution is 8.00. The van der Waals surface area contributed by atoms with Gasteiger partial charge >= 0.3 is 5.51 Å². The van der Waals surface area contributed by atoms with Crippen molar-refractivity contribution in [3.05, 3.63) is 42.0 Å². The van der Waals surface area contributed by atoms with Crippen LogP contribution in [0.5, 0.6) is 0 Å². The number of fused-ring (bicyclic) bond motifs is 2. The van der Waals surface area contributed by atoms with Gasteiger partial charge < -0.3 is 15.0 Å². The van der Waals surface area contributed by atoms with Crippen LogP contribution < -0.4 is 10.6 Å². The SMILES string of the molecule is CC(C)(C)n1cc(C(=O)NCC#Cc2cc3c(N[C@@H]4CC[C@@H]5CCC6C[C@H](CC65)C4)nccn3c2SC(F)(F)F)cn1. The van der Waals surface area contributed by atoms with Crippen molar-refractivity contribution in [1.82, 2.24) is 24.5 Å². The van der Waals surface area contributed by atoms with Crippen LogP contribution >= 0.6 is 11.8 Å². The second-order valence-electron chi connectivity index (χ2n) is 13.0. The molecule has 0 aromatic carbocycles. The molecule has 0 radical (unpaired) electrons. The monoisotopic (exact) mass is 598 g/mol. The fraction of sp³-hybridized carbons (Fsp3) is 0.581. The van der Waals surface area contributed by atoms with E-state index in [4.69, 9.17) is 0 Å². The Kier molecular flexibility index (Phi) is 7.71. The summed E-state index contributed by atoms with van der Waals surface area (Å²) in [4.78, 5) is 17.1. The molecular weight excluding hydrogens is 561 g/mol. The second kappa shape index (κ2) is 11.2. The van der Waals surface area contributed by atoms with Gasteiger partial charge in [0.05, 0.1) is 34.9 Å². The van der Waals surface area contributed by atoms with Crippen molar-refractivity contribution in [2.75, 3.05) is 11.9 Å². The van der Waals surface area contributed by atoms with Crippen LogP contribution in [0.15, 0.2) is 35.9 Å². The van der Waals surface area contributed by atoms with Crippen LogP contribution in [-0.4, -0.2) is 43.2 Å². The number of nitrogens with one attached hydrogen (secondary N) is 2. The quantitative estimate of drug-likeness (QED) is 0.253. The first kappa shape index (κ1) is 29.0. The van der Waals surface area contributed by atoms with Crippen LogP contribution in [0, 0.1) is 35.5 Å². The molecule has 0 spiro atoms. The van der Waals surface area contributed by atoms with Crippen molar-refractivity contribution in [2.24, 2.45) is 23.7 Å². The van der Waals surface area contributed by atoms with Gasteiger partial charge in [-0.25, -0.2) is 4.98 Å². The third-order valence-electron chi connectivity index (χ3n) is 9.16. The van der Waals surface area contributed by atoms with E-state index in [0.717, 1.165) is 30.6 Å². The van der Waals surface area contributed by atoms with Crippen molar-refractivity contribution in [1.29, 1.82) is 0 Å². The number of anilines is 1. The van der Waals surface area contributed by atoms with Gasteiger partial charge in [0.1, 0.15) is 5.03 Å². The normalized spacial score (nSPS) is 25.5. The van der Waals surface area contributed by atoms with E-state index in [1.165, 1.54) is 42.7 Å². The lowest BCUT2D eigenvalue weighted by Gasteiger charge is -2.29. The molecule has 3 saturated carbocycles. The van der Waals surface area contributed by atoms with E-state index < -0.39 is 5.51 Å². The minimum Gasteiger partial charge on any atom is -0.366 e. The zero-order valence-corrected chi connectivity index (χ0v) is 25.0. The van der Waals surface area contributed by atoms with Crippen molar-refractivity contribution in [3.8, 4) is 11.8 Å². The molecule has 1 amide bonds. The Balaban J connectivity index is 1.20. The molecule has 3 fully saturated rings. The van der Waals surface area contributed by atoms with Gasteiger partial charge in [-0.1, -0.05) is 11.8 Å². The Morgan fingerprint density at radius 1 is 1.12 bits per heavy atom. The molecule has 2 bridgehead atoms. The summed E-state index contributed by atoms with van der Waals surface area (Å²) >= 11 is -0.185. The highest BCUT2D eigenvalue weighted by atomic mass is 32.2. The van der Waals surface area contributed by atoms with E-state index in [1.807, 2.05) is 20.8 Å². The first-order chi connectivity index (χ1) is 19.9. The van der Waals surface area contributed by atoms with Gasteiger partial charge in [-0.2, -0.15) is 18.3 Å². The maximum atomic E-state index is 13.6. The summed E-state index contributed by atoms with van der Waals surface area (Å²) in [5.74, 6) is 9.26. The minimum atomic E-state index is -4.49. The van der Waals surface area contributed by atoms with Gasteiger partial charge in [-0.15, -0.1) is 0 Å². The van der Waals surface area contributed by atoms with Crippen LogP contribution in [0.2, 0.25) is 0 Å². The van der Waals surface area contributed by atoms with Gasteiger partial charge in [0.2, 0.25) is 0 Å². The molecule has 3 aromatic rings.